The van der Waals surface area contributed by atoms with Crippen LogP contribution in [0.25, 0.3) is 11.2 Å². The highest BCUT2D eigenvalue weighted by atomic mass is 32.2. The predicted molar refractivity (Wildman–Crippen MR) is 222 cm³/mol. The van der Waals surface area contributed by atoms with E-state index >= 15 is 0 Å². The zero-order chi connectivity index (χ0) is 47.2. The van der Waals surface area contributed by atoms with E-state index in [2.05, 4.69) is 34.4 Å². The van der Waals surface area contributed by atoms with E-state index < -0.39 is 90.7 Å². The molecule has 0 spiro atoms. The molecule has 63 heavy (non-hydrogen) atoms. The minimum Gasteiger partial charge on any atom is -0.393 e. The van der Waals surface area contributed by atoms with Gasteiger partial charge in [-0.3, -0.25) is 32.5 Å². The molecule has 1 saturated heterocycles. The van der Waals surface area contributed by atoms with Gasteiger partial charge < -0.3 is 61.1 Å². The maximum absolute atomic E-state index is 12.7. The van der Waals surface area contributed by atoms with Gasteiger partial charge in [-0.1, -0.05) is 58.2 Å². The van der Waals surface area contributed by atoms with Crippen LogP contribution in [0.1, 0.15) is 84.8 Å². The molecule has 9 atom stereocenters. The molecule has 0 saturated carbocycles. The van der Waals surface area contributed by atoms with Crippen LogP contribution in [0, 0.1) is 5.41 Å². The minimum absolute atomic E-state index is 0.0188. The summed E-state index contributed by atoms with van der Waals surface area (Å²) in [5.74, 6) is -1.28. The first-order valence-corrected chi connectivity index (χ1v) is 25.3. The van der Waals surface area contributed by atoms with Gasteiger partial charge >= 0.3 is 23.5 Å². The zero-order valence-corrected chi connectivity index (χ0v) is 38.3. The van der Waals surface area contributed by atoms with E-state index in [1.54, 1.807) is 0 Å². The number of ether oxygens (including phenoxy) is 1. The second kappa shape index (κ2) is 24.8. The standard InChI is InChI=1S/C33H58N7O19P3S/c1-4-20(41)9-7-5-6-8-10-21(42)15-24(44)63-14-13-35-23(43)11-12-36-31(47)28(46)33(2,3)17-56-62(53,54)59-61(51,52)55-16-22-27(58-60(48,49)50)26(45)32(57-22)40-19-39-25-29(34)37-18-38-30(25)40/h18-22,26-28,32,41-42,45-46H,4-17H2,1-3H3,(H,35,43)(H,36,47)(H,51,52)(H,53,54)(H2,34,37,38)(H2,48,49,50). The van der Waals surface area contributed by atoms with E-state index in [9.17, 15) is 68.1 Å². The Morgan fingerprint density at radius 2 is 1.60 bits per heavy atom. The summed E-state index contributed by atoms with van der Waals surface area (Å²) in [7, 11) is -16.4. The first kappa shape index (κ1) is 54.8. The van der Waals surface area contributed by atoms with Crippen molar-refractivity contribution in [2.45, 2.75) is 121 Å². The highest BCUT2D eigenvalue weighted by Gasteiger charge is 2.50. The zero-order valence-electron chi connectivity index (χ0n) is 34.8. The van der Waals surface area contributed by atoms with Gasteiger partial charge in [-0.15, -0.1) is 0 Å². The van der Waals surface area contributed by atoms with E-state index in [4.69, 9.17) is 19.5 Å². The average molecular weight is 982 g/mol. The molecule has 1 aliphatic heterocycles. The summed E-state index contributed by atoms with van der Waals surface area (Å²) in [5, 5.41) is 45.9. The van der Waals surface area contributed by atoms with Crippen molar-refractivity contribution in [2.75, 3.05) is 37.8 Å². The SMILES string of the molecule is CCC(O)CCCCCCC(O)CC(=O)SCCNC(=O)CCNC(=O)C(O)C(C)(C)COP(=O)(O)OP(=O)(O)OCC1OC(n2cnc3c(N)ncnc32)C(O)C1OP(=O)(O)O. The van der Waals surface area contributed by atoms with E-state index in [1.807, 2.05) is 6.92 Å². The molecule has 0 radical (unpaired) electrons. The predicted octanol–water partition coefficient (Wildman–Crippen LogP) is 0.527. The lowest BCUT2D eigenvalue weighted by Gasteiger charge is -2.30. The Balaban J connectivity index is 1.38. The molecule has 0 aromatic carbocycles. The minimum atomic E-state index is -5.59. The lowest BCUT2D eigenvalue weighted by Crippen LogP contribution is -2.46. The Morgan fingerprint density at radius 3 is 2.25 bits per heavy atom. The smallest absolute Gasteiger partial charge is 0.393 e. The number of fused-ring (bicyclic) bond motifs is 1. The third kappa shape index (κ3) is 18.7. The molecule has 0 aliphatic carbocycles. The molecule has 9 unspecified atom stereocenters. The number of hydrogen-bond acceptors (Lipinski definition) is 20. The number of imidazole rings is 1. The molecule has 3 rings (SSSR count). The van der Waals surface area contributed by atoms with Crippen LogP contribution in [-0.2, 0) is 50.7 Å². The quantitative estimate of drug-likeness (QED) is 0.0391. The Hall–Kier alpha value is -2.52. The molecule has 3 heterocycles. The van der Waals surface area contributed by atoms with Gasteiger partial charge in [-0.25, -0.2) is 28.6 Å². The molecule has 1 aliphatic rings. The number of aliphatic hydroxyl groups is 4. The second-order valence-electron chi connectivity index (χ2n) is 15.2. The number of aromatic nitrogens is 4. The van der Waals surface area contributed by atoms with Gasteiger partial charge in [0, 0.05) is 37.1 Å². The summed E-state index contributed by atoms with van der Waals surface area (Å²) in [6.45, 7) is 2.26. The molecule has 30 heteroatoms. The monoisotopic (exact) mass is 981 g/mol. The average Bonchev–Trinajstić information content (AvgIpc) is 3.75. The van der Waals surface area contributed by atoms with E-state index in [1.165, 1.54) is 13.8 Å². The van der Waals surface area contributed by atoms with Crippen molar-refractivity contribution in [1.29, 1.82) is 0 Å². The van der Waals surface area contributed by atoms with Crippen LogP contribution in [0.5, 0.6) is 0 Å². The molecule has 2 amide bonds. The third-order valence-corrected chi connectivity index (χ3v) is 13.5. The number of anilines is 1. The normalized spacial score (nSPS) is 21.6. The fourth-order valence-corrected chi connectivity index (χ4v) is 9.54. The highest BCUT2D eigenvalue weighted by Crippen LogP contribution is 2.61. The number of amides is 2. The Labute approximate surface area is 366 Å². The number of phosphoric acid groups is 3. The lowest BCUT2D eigenvalue weighted by molar-refractivity contribution is -0.137. The number of unbranched alkanes of at least 4 members (excludes halogenated alkanes) is 3. The van der Waals surface area contributed by atoms with Gasteiger partial charge in [0.05, 0.1) is 31.7 Å². The topological polar surface area (TPSA) is 404 Å². The lowest BCUT2D eigenvalue weighted by atomic mass is 9.87. The summed E-state index contributed by atoms with van der Waals surface area (Å²) < 4.78 is 62.2. The van der Waals surface area contributed by atoms with Gasteiger partial charge in [0.25, 0.3) is 0 Å². The number of aliphatic hydroxyl groups excluding tert-OH is 4. The van der Waals surface area contributed by atoms with Crippen LogP contribution < -0.4 is 16.4 Å². The second-order valence-corrected chi connectivity index (χ2v) is 20.6. The Morgan fingerprint density at radius 1 is 0.952 bits per heavy atom. The largest absolute Gasteiger partial charge is 0.481 e. The van der Waals surface area contributed by atoms with Crippen LogP contribution in [0.4, 0.5) is 5.82 Å². The number of rotatable bonds is 29. The van der Waals surface area contributed by atoms with Crippen molar-refractivity contribution in [2.24, 2.45) is 5.41 Å². The third-order valence-electron chi connectivity index (χ3n) is 9.46. The van der Waals surface area contributed by atoms with Crippen LogP contribution in [0.2, 0.25) is 0 Å². The summed E-state index contributed by atoms with van der Waals surface area (Å²) in [6.07, 6.45) is -2.63. The van der Waals surface area contributed by atoms with Crippen molar-refractivity contribution in [3.05, 3.63) is 12.7 Å². The molecule has 1 fully saturated rings. The van der Waals surface area contributed by atoms with E-state index in [0.29, 0.717) is 6.42 Å². The van der Waals surface area contributed by atoms with Gasteiger partial charge in [0.1, 0.15) is 36.3 Å². The number of phosphoric ester groups is 3. The van der Waals surface area contributed by atoms with Gasteiger partial charge in [0.2, 0.25) is 11.8 Å². The Kier molecular flexibility index (Phi) is 21.6. The van der Waals surface area contributed by atoms with Crippen LogP contribution in [-0.4, -0.2) is 145 Å². The number of hydrogen-bond donors (Lipinski definition) is 11. The van der Waals surface area contributed by atoms with Crippen LogP contribution in [0.3, 0.4) is 0 Å². The van der Waals surface area contributed by atoms with Crippen molar-refractivity contribution < 1.29 is 90.7 Å². The van der Waals surface area contributed by atoms with Crippen LogP contribution in [0.15, 0.2) is 12.7 Å². The number of nitrogens with zero attached hydrogens (tertiary/aromatic N) is 4. The number of thioether (sulfide) groups is 1. The van der Waals surface area contributed by atoms with Gasteiger partial charge in [-0.2, -0.15) is 4.31 Å². The number of nitrogens with one attached hydrogen (secondary N) is 2. The van der Waals surface area contributed by atoms with E-state index in [-0.39, 0.29) is 59.9 Å². The first-order valence-electron chi connectivity index (χ1n) is 19.8. The Bertz CT molecular complexity index is 1960. The maximum Gasteiger partial charge on any atom is 0.481 e. The van der Waals surface area contributed by atoms with Crippen molar-refractivity contribution in [3.63, 3.8) is 0 Å². The molecular weight excluding hydrogens is 923 g/mol. The molecule has 360 valence electrons. The molecule has 2 aromatic heterocycles. The number of nitrogen functional groups attached to an aromatic ring is 1. The summed E-state index contributed by atoms with van der Waals surface area (Å²) in [5.41, 5.74) is 4.23. The van der Waals surface area contributed by atoms with Crippen molar-refractivity contribution in [1.82, 2.24) is 30.2 Å². The molecule has 12 N–H and O–H groups in total. The molecule has 2 aromatic rings. The van der Waals surface area contributed by atoms with Crippen molar-refractivity contribution >= 4 is 69.1 Å². The van der Waals surface area contributed by atoms with Gasteiger partial charge in [0.15, 0.2) is 22.8 Å². The highest BCUT2D eigenvalue weighted by molar-refractivity contribution is 8.13. The van der Waals surface area contributed by atoms with Crippen molar-refractivity contribution in [3.8, 4) is 0 Å². The number of carbonyl (C=O) groups is 3. The van der Waals surface area contributed by atoms with E-state index in [0.717, 1.165) is 67.5 Å². The van der Waals surface area contributed by atoms with Crippen LogP contribution >= 0.6 is 35.2 Å². The summed E-state index contributed by atoms with van der Waals surface area (Å²) in [4.78, 5) is 88.1. The fraction of sp³-hybridized carbons (Fsp3) is 0.758. The number of carbonyl (C=O) groups excluding carboxylic acids is 3. The molecular formula is C33H58N7O19P3S. The fourth-order valence-electron chi connectivity index (χ4n) is 5.97. The summed E-state index contributed by atoms with van der Waals surface area (Å²) in [6, 6.07) is 0. The number of nitrogens with two attached hydrogens (primary N) is 1. The maximum atomic E-state index is 12.7. The summed E-state index contributed by atoms with van der Waals surface area (Å²) >= 11 is 0.964. The molecule has 0 bridgehead atoms. The first-order chi connectivity index (χ1) is 29.3. The van der Waals surface area contributed by atoms with Gasteiger partial charge in [-0.05, 0) is 19.3 Å². The molecule has 26 nitrogen and oxygen atoms in total.